The Labute approximate surface area is 147 Å². The van der Waals surface area contributed by atoms with Crippen molar-refractivity contribution in [2.45, 2.75) is 6.04 Å². The fourth-order valence-electron chi connectivity index (χ4n) is 3.38. The van der Waals surface area contributed by atoms with E-state index in [-0.39, 0.29) is 11.8 Å². The number of aromatic hydroxyl groups is 1. The van der Waals surface area contributed by atoms with Crippen molar-refractivity contribution in [3.05, 3.63) is 64.8 Å². The second kappa shape index (κ2) is 5.19. The first-order valence-electron chi connectivity index (χ1n) is 7.77. The van der Waals surface area contributed by atoms with Gasteiger partial charge in [-0.05, 0) is 29.0 Å². The molecule has 7 heteroatoms. The summed E-state index contributed by atoms with van der Waals surface area (Å²) in [6.45, 7) is 0. The van der Waals surface area contributed by atoms with Gasteiger partial charge in [-0.3, -0.25) is 0 Å². The van der Waals surface area contributed by atoms with E-state index in [1.165, 1.54) is 0 Å². The van der Waals surface area contributed by atoms with Gasteiger partial charge in [-0.2, -0.15) is 0 Å². The second-order valence-electron chi connectivity index (χ2n) is 5.93. The molecule has 1 atom stereocenters. The zero-order valence-corrected chi connectivity index (χ0v) is 13.6. The molecule has 0 amide bonds. The minimum atomic E-state index is -0.213. The predicted molar refractivity (Wildman–Crippen MR) is 95.7 cm³/mol. The van der Waals surface area contributed by atoms with Crippen molar-refractivity contribution < 1.29 is 5.11 Å². The van der Waals surface area contributed by atoms with E-state index in [0.717, 1.165) is 33.5 Å². The lowest BCUT2D eigenvalue weighted by atomic mass is 9.98. The first-order valence-corrected chi connectivity index (χ1v) is 8.15. The van der Waals surface area contributed by atoms with E-state index in [0.29, 0.717) is 10.7 Å². The van der Waals surface area contributed by atoms with Crippen molar-refractivity contribution in [3.63, 3.8) is 0 Å². The van der Waals surface area contributed by atoms with Crippen LogP contribution >= 0.6 is 11.6 Å². The van der Waals surface area contributed by atoms with Crippen LogP contribution < -0.4 is 5.32 Å². The molecule has 25 heavy (non-hydrogen) atoms. The lowest BCUT2D eigenvalue weighted by Crippen LogP contribution is -2.11. The number of phenolic OH excluding ortho intramolecular Hbond substituents is 1. The predicted octanol–water partition coefficient (Wildman–Crippen LogP) is 3.89. The van der Waals surface area contributed by atoms with Crippen LogP contribution in [0.5, 0.6) is 5.75 Å². The monoisotopic (exact) mass is 349 g/mol. The van der Waals surface area contributed by atoms with Gasteiger partial charge >= 0.3 is 0 Å². The van der Waals surface area contributed by atoms with E-state index in [1.54, 1.807) is 12.1 Å². The summed E-state index contributed by atoms with van der Waals surface area (Å²) in [5.74, 6) is 0.134. The average Bonchev–Trinajstić information content (AvgIpc) is 2.98. The molecule has 0 spiro atoms. The first kappa shape index (κ1) is 14.2. The number of H-pyrrole nitrogens is 1. The van der Waals surface area contributed by atoms with Crippen LogP contribution in [-0.2, 0) is 0 Å². The number of aromatic nitrogens is 4. The first-order chi connectivity index (χ1) is 12.2. The zero-order valence-electron chi connectivity index (χ0n) is 12.9. The van der Waals surface area contributed by atoms with Gasteiger partial charge in [0.15, 0.2) is 5.65 Å². The highest BCUT2D eigenvalue weighted by molar-refractivity contribution is 6.31. The molecule has 2 aromatic heterocycles. The van der Waals surface area contributed by atoms with E-state index in [4.69, 9.17) is 11.6 Å². The number of nitrogens with one attached hydrogen (secondary N) is 2. The molecule has 0 saturated carbocycles. The average molecular weight is 350 g/mol. The normalized spacial score (nSPS) is 15.5. The fourth-order valence-corrected chi connectivity index (χ4v) is 3.66. The molecule has 3 N–H and O–H groups in total. The smallest absolute Gasteiger partial charge is 0.164 e. The lowest BCUT2D eigenvalue weighted by molar-refractivity contribution is 0.475. The minimum absolute atomic E-state index is 0.134. The van der Waals surface area contributed by atoms with Gasteiger partial charge in [0.2, 0.25) is 0 Å². The number of phenols is 1. The van der Waals surface area contributed by atoms with Crippen LogP contribution in [0.25, 0.3) is 22.3 Å². The Hall–Kier alpha value is -3.12. The van der Waals surface area contributed by atoms with Crippen molar-refractivity contribution in [2.75, 3.05) is 5.32 Å². The summed E-state index contributed by atoms with van der Waals surface area (Å²) in [4.78, 5) is 3.16. The molecule has 3 heterocycles. The third kappa shape index (κ3) is 2.08. The third-order valence-corrected chi connectivity index (χ3v) is 4.83. The molecule has 5 rings (SSSR count). The highest BCUT2D eigenvalue weighted by Gasteiger charge is 2.28. The molecule has 6 nitrogen and oxygen atoms in total. The summed E-state index contributed by atoms with van der Waals surface area (Å²) < 4.78 is 0. The molecule has 2 aromatic carbocycles. The summed E-state index contributed by atoms with van der Waals surface area (Å²) in [5.41, 5.74) is 5.20. The number of halogens is 1. The van der Waals surface area contributed by atoms with Crippen LogP contribution in [0.2, 0.25) is 5.02 Å². The highest BCUT2D eigenvalue weighted by Crippen LogP contribution is 2.43. The second-order valence-corrected chi connectivity index (χ2v) is 6.34. The maximum Gasteiger partial charge on any atom is 0.164 e. The molecule has 0 fully saturated rings. The molecule has 4 aromatic rings. The quantitative estimate of drug-likeness (QED) is 0.485. The number of fused-ring (bicyclic) bond motifs is 2. The van der Waals surface area contributed by atoms with Crippen LogP contribution in [-0.4, -0.2) is 25.5 Å². The largest absolute Gasteiger partial charge is 0.508 e. The van der Waals surface area contributed by atoms with Gasteiger partial charge in [0, 0.05) is 28.0 Å². The van der Waals surface area contributed by atoms with Crippen LogP contribution in [0.1, 0.15) is 17.2 Å². The van der Waals surface area contributed by atoms with E-state index in [9.17, 15) is 5.11 Å². The molecular weight excluding hydrogens is 338 g/mol. The number of benzene rings is 2. The van der Waals surface area contributed by atoms with Gasteiger partial charge in [-0.25, -0.2) is 0 Å². The molecule has 122 valence electrons. The highest BCUT2D eigenvalue weighted by atomic mass is 35.5. The molecule has 0 bridgehead atoms. The number of rotatable bonds is 1. The van der Waals surface area contributed by atoms with Crippen molar-refractivity contribution in [3.8, 4) is 17.0 Å². The van der Waals surface area contributed by atoms with E-state index in [1.807, 2.05) is 36.5 Å². The van der Waals surface area contributed by atoms with Gasteiger partial charge in [0.05, 0.1) is 11.4 Å². The summed E-state index contributed by atoms with van der Waals surface area (Å²) >= 11 is 6.42. The van der Waals surface area contributed by atoms with E-state index >= 15 is 0 Å². The summed E-state index contributed by atoms with van der Waals surface area (Å²) in [5, 5.41) is 26.9. The fraction of sp³-hybridized carbons (Fsp3) is 0.0556. The Bertz CT molecular complexity index is 1120. The van der Waals surface area contributed by atoms with Crippen LogP contribution in [0.3, 0.4) is 0 Å². The molecular formula is C18H12ClN5O. The number of para-hydroxylation sites is 1. The maximum absolute atomic E-state index is 9.68. The number of aromatic amines is 1. The van der Waals surface area contributed by atoms with Crippen molar-refractivity contribution >= 4 is 28.3 Å². The van der Waals surface area contributed by atoms with Gasteiger partial charge in [-0.1, -0.05) is 35.9 Å². The molecule has 1 aliphatic rings. The van der Waals surface area contributed by atoms with Crippen LogP contribution in [0.15, 0.2) is 48.7 Å². The molecule has 1 unspecified atom stereocenters. The SMILES string of the molecule is Oc1ccc(C2Nc3ccccc3-c3nnnc4[nH]cc2c34)c(Cl)c1. The van der Waals surface area contributed by atoms with Crippen molar-refractivity contribution in [1.82, 2.24) is 20.4 Å². The number of anilines is 1. The Morgan fingerprint density at radius 1 is 1.04 bits per heavy atom. The summed E-state index contributed by atoms with van der Waals surface area (Å²) in [7, 11) is 0. The molecule has 0 radical (unpaired) electrons. The molecule has 1 aliphatic heterocycles. The Morgan fingerprint density at radius 2 is 1.92 bits per heavy atom. The topological polar surface area (TPSA) is 86.7 Å². The standard InChI is InChI=1S/C18H12ClN5O/c19-13-7-9(25)5-6-10(13)16-12-8-20-18-15(12)17(22-24-23-18)11-3-1-2-4-14(11)21-16/h1-8,16,21,25H,(H,20,22,23). The molecule has 0 aliphatic carbocycles. The number of nitrogens with zero attached hydrogens (tertiary/aromatic N) is 3. The Morgan fingerprint density at radius 3 is 2.80 bits per heavy atom. The van der Waals surface area contributed by atoms with E-state index in [2.05, 4.69) is 25.7 Å². The molecule has 0 saturated heterocycles. The minimum Gasteiger partial charge on any atom is -0.508 e. The summed E-state index contributed by atoms with van der Waals surface area (Å²) in [6, 6.07) is 12.7. The Balaban J connectivity index is 1.85. The van der Waals surface area contributed by atoms with Gasteiger partial charge in [-0.15, -0.1) is 10.2 Å². The van der Waals surface area contributed by atoms with Crippen molar-refractivity contribution in [1.29, 1.82) is 0 Å². The zero-order chi connectivity index (χ0) is 17.0. The van der Waals surface area contributed by atoms with Crippen molar-refractivity contribution in [2.24, 2.45) is 0 Å². The number of hydrogen-bond donors (Lipinski definition) is 3. The van der Waals surface area contributed by atoms with Crippen LogP contribution in [0.4, 0.5) is 5.69 Å². The van der Waals surface area contributed by atoms with E-state index < -0.39 is 0 Å². The van der Waals surface area contributed by atoms with Gasteiger partial charge in [0.25, 0.3) is 0 Å². The summed E-state index contributed by atoms with van der Waals surface area (Å²) in [6.07, 6.45) is 1.90. The lowest BCUT2D eigenvalue weighted by Gasteiger charge is -2.20. The van der Waals surface area contributed by atoms with Gasteiger partial charge in [0.1, 0.15) is 11.4 Å². The third-order valence-electron chi connectivity index (χ3n) is 4.50. The van der Waals surface area contributed by atoms with Crippen LogP contribution in [0, 0.1) is 0 Å². The Kier molecular flexibility index (Phi) is 2.96. The maximum atomic E-state index is 9.68. The number of hydrogen-bond acceptors (Lipinski definition) is 5. The van der Waals surface area contributed by atoms with Gasteiger partial charge < -0.3 is 15.4 Å².